The Balaban J connectivity index is 2.23. The van der Waals surface area contributed by atoms with Gasteiger partial charge in [-0.1, -0.05) is 26.0 Å². The smallest absolute Gasteiger partial charge is 0.326 e. The van der Waals surface area contributed by atoms with Crippen molar-refractivity contribution in [3.8, 4) is 5.75 Å². The van der Waals surface area contributed by atoms with E-state index >= 15 is 0 Å². The van der Waals surface area contributed by atoms with Gasteiger partial charge in [-0.3, -0.25) is 19.2 Å². The average molecular weight is 546 g/mol. The fraction of sp³-hybridized carbons (Fsp3) is 0.440. The van der Waals surface area contributed by atoms with Crippen molar-refractivity contribution in [3.05, 3.63) is 48.0 Å². The third-order valence-electron chi connectivity index (χ3n) is 5.94. The molecule has 39 heavy (non-hydrogen) atoms. The number of nitrogens with one attached hydrogen (secondary N) is 4. The van der Waals surface area contributed by atoms with Gasteiger partial charge in [0, 0.05) is 31.2 Å². The van der Waals surface area contributed by atoms with Crippen LogP contribution in [0.25, 0.3) is 0 Å². The third-order valence-corrected chi connectivity index (χ3v) is 5.94. The van der Waals surface area contributed by atoms with E-state index in [0.29, 0.717) is 11.3 Å². The minimum atomic E-state index is -1.35. The topological polar surface area (TPSA) is 243 Å². The lowest BCUT2D eigenvalue weighted by Crippen LogP contribution is -2.58. The number of carboxylic acid groups (broad SMARTS) is 1. The van der Waals surface area contributed by atoms with E-state index in [4.69, 9.17) is 11.5 Å². The number of carbonyl (C=O) groups excluding carboxylic acids is 4. The second-order valence-corrected chi connectivity index (χ2v) is 9.45. The van der Waals surface area contributed by atoms with Crippen molar-refractivity contribution in [2.45, 2.75) is 63.7 Å². The van der Waals surface area contributed by atoms with Crippen molar-refractivity contribution >= 4 is 29.6 Å². The van der Waals surface area contributed by atoms with Crippen LogP contribution in [0, 0.1) is 5.92 Å². The van der Waals surface area contributed by atoms with Crippen LogP contribution in [0.3, 0.4) is 0 Å². The molecule has 0 spiro atoms. The normalized spacial score (nSPS) is 14.1. The number of aromatic hydroxyl groups is 1. The molecule has 0 radical (unpaired) electrons. The maximum absolute atomic E-state index is 13.2. The minimum absolute atomic E-state index is 0.00401. The number of rotatable bonds is 15. The number of phenolic OH excluding ortho intramolecular Hbond substituents is 1. The summed E-state index contributed by atoms with van der Waals surface area (Å²) in [6, 6.07) is 1.05. The Hall–Kier alpha value is -4.46. The van der Waals surface area contributed by atoms with Gasteiger partial charge in [-0.05, 0) is 30.0 Å². The van der Waals surface area contributed by atoms with Gasteiger partial charge in [-0.25, -0.2) is 9.78 Å². The van der Waals surface area contributed by atoms with Crippen LogP contribution in [0.15, 0.2) is 36.8 Å². The third kappa shape index (κ3) is 10.1. The highest BCUT2D eigenvalue weighted by molar-refractivity contribution is 5.94. The SMILES string of the molecule is CC(C)C(N)C(=O)NC(CCC(N)=O)C(=O)NC(Cc1cnc[nH]1)C(=O)NC(Cc1ccc(O)cc1)C(=O)O. The Morgan fingerprint density at radius 2 is 1.51 bits per heavy atom. The summed E-state index contributed by atoms with van der Waals surface area (Å²) in [6.45, 7) is 3.45. The summed E-state index contributed by atoms with van der Waals surface area (Å²) in [5, 5.41) is 26.6. The number of H-pyrrole nitrogens is 1. The Bertz CT molecular complexity index is 1140. The second-order valence-electron chi connectivity index (χ2n) is 9.45. The predicted molar refractivity (Wildman–Crippen MR) is 139 cm³/mol. The minimum Gasteiger partial charge on any atom is -0.508 e. The van der Waals surface area contributed by atoms with E-state index in [2.05, 4.69) is 25.9 Å². The van der Waals surface area contributed by atoms with Crippen LogP contribution in [0.1, 0.15) is 37.9 Å². The molecule has 4 unspecified atom stereocenters. The molecule has 0 fully saturated rings. The van der Waals surface area contributed by atoms with E-state index in [0.717, 1.165) is 0 Å². The van der Waals surface area contributed by atoms with Gasteiger partial charge in [0.25, 0.3) is 0 Å². The van der Waals surface area contributed by atoms with Crippen molar-refractivity contribution in [2.75, 3.05) is 0 Å². The van der Waals surface area contributed by atoms with Crippen molar-refractivity contribution in [1.82, 2.24) is 25.9 Å². The number of benzene rings is 1. The van der Waals surface area contributed by atoms with E-state index in [-0.39, 0.29) is 37.4 Å². The maximum Gasteiger partial charge on any atom is 0.326 e. The number of hydrogen-bond acceptors (Lipinski definition) is 8. The van der Waals surface area contributed by atoms with Gasteiger partial charge >= 0.3 is 5.97 Å². The van der Waals surface area contributed by atoms with E-state index in [1.165, 1.54) is 36.8 Å². The number of primary amides is 1. The Morgan fingerprint density at radius 1 is 0.923 bits per heavy atom. The summed E-state index contributed by atoms with van der Waals surface area (Å²) >= 11 is 0. The molecule has 0 aliphatic carbocycles. The lowest BCUT2D eigenvalue weighted by atomic mass is 10.0. The van der Waals surface area contributed by atoms with Crippen LogP contribution in [-0.2, 0) is 36.8 Å². The Kier molecular flexibility index (Phi) is 11.4. The zero-order chi connectivity index (χ0) is 29.1. The van der Waals surface area contributed by atoms with Crippen LogP contribution in [0.5, 0.6) is 5.75 Å². The number of aromatic nitrogens is 2. The molecule has 4 amide bonds. The molecule has 1 heterocycles. The first-order chi connectivity index (χ1) is 18.4. The maximum atomic E-state index is 13.2. The summed E-state index contributed by atoms with van der Waals surface area (Å²) in [7, 11) is 0. The molecule has 10 N–H and O–H groups in total. The van der Waals surface area contributed by atoms with E-state index < -0.39 is 53.8 Å². The van der Waals surface area contributed by atoms with Gasteiger partial charge in [0.05, 0.1) is 12.4 Å². The Morgan fingerprint density at radius 3 is 2.05 bits per heavy atom. The van der Waals surface area contributed by atoms with E-state index in [1.807, 2.05) is 0 Å². The highest BCUT2D eigenvalue weighted by Gasteiger charge is 2.31. The lowest BCUT2D eigenvalue weighted by Gasteiger charge is -2.25. The van der Waals surface area contributed by atoms with Crippen molar-refractivity contribution in [2.24, 2.45) is 17.4 Å². The highest BCUT2D eigenvalue weighted by Crippen LogP contribution is 2.12. The largest absolute Gasteiger partial charge is 0.508 e. The Labute approximate surface area is 224 Å². The summed E-state index contributed by atoms with van der Waals surface area (Å²) in [5.41, 5.74) is 12.1. The molecule has 212 valence electrons. The predicted octanol–water partition coefficient (Wildman–Crippen LogP) is -1.31. The number of aliphatic carboxylic acids is 1. The molecule has 1 aromatic carbocycles. The van der Waals surface area contributed by atoms with Crippen LogP contribution < -0.4 is 27.4 Å². The number of carboxylic acids is 1. The molecule has 4 atom stereocenters. The zero-order valence-electron chi connectivity index (χ0n) is 21.7. The van der Waals surface area contributed by atoms with Crippen LogP contribution >= 0.6 is 0 Å². The van der Waals surface area contributed by atoms with Crippen LogP contribution in [0.2, 0.25) is 0 Å². The lowest BCUT2D eigenvalue weighted by molar-refractivity contribution is -0.142. The standard InChI is InChI=1S/C25H35N7O7/c1-13(2)21(27)24(37)30-17(7-8-20(26)34)22(35)31-18(10-15-11-28-12-29-15)23(36)32-19(25(38)39)9-14-3-5-16(33)6-4-14/h3-6,11-13,17-19,21,33H,7-10,27H2,1-2H3,(H2,26,34)(H,28,29)(H,30,37)(H,31,35)(H,32,36)(H,38,39). The number of nitrogens with two attached hydrogens (primary N) is 2. The van der Waals surface area contributed by atoms with E-state index in [9.17, 15) is 34.2 Å². The molecule has 2 aromatic rings. The number of phenols is 1. The summed E-state index contributed by atoms with van der Waals surface area (Å²) in [5.74, 6) is -4.44. The number of imidazole rings is 1. The monoisotopic (exact) mass is 545 g/mol. The molecule has 0 saturated heterocycles. The number of aromatic amines is 1. The fourth-order valence-corrected chi connectivity index (χ4v) is 3.56. The first-order valence-electron chi connectivity index (χ1n) is 12.3. The molecule has 0 bridgehead atoms. The molecular formula is C25H35N7O7. The molecular weight excluding hydrogens is 510 g/mol. The van der Waals surface area contributed by atoms with Gasteiger partial charge in [0.2, 0.25) is 23.6 Å². The van der Waals surface area contributed by atoms with Crippen molar-refractivity contribution in [3.63, 3.8) is 0 Å². The highest BCUT2D eigenvalue weighted by atomic mass is 16.4. The molecule has 14 nitrogen and oxygen atoms in total. The van der Waals surface area contributed by atoms with Crippen LogP contribution in [0.4, 0.5) is 0 Å². The van der Waals surface area contributed by atoms with Gasteiger partial charge in [0.1, 0.15) is 23.9 Å². The zero-order valence-corrected chi connectivity index (χ0v) is 21.7. The first-order valence-corrected chi connectivity index (χ1v) is 12.3. The molecule has 1 aromatic heterocycles. The van der Waals surface area contributed by atoms with Gasteiger partial charge in [0.15, 0.2) is 0 Å². The van der Waals surface area contributed by atoms with Crippen LogP contribution in [-0.4, -0.2) is 73.9 Å². The van der Waals surface area contributed by atoms with Gasteiger partial charge in [-0.15, -0.1) is 0 Å². The quantitative estimate of drug-likeness (QED) is 0.132. The molecule has 14 heteroatoms. The number of carbonyl (C=O) groups is 5. The molecule has 2 rings (SSSR count). The van der Waals surface area contributed by atoms with Crippen molar-refractivity contribution < 1.29 is 34.2 Å². The number of hydrogen-bond donors (Lipinski definition) is 8. The average Bonchev–Trinajstić information content (AvgIpc) is 3.39. The van der Waals surface area contributed by atoms with Crippen molar-refractivity contribution in [1.29, 1.82) is 0 Å². The fourth-order valence-electron chi connectivity index (χ4n) is 3.56. The summed E-state index contributed by atoms with van der Waals surface area (Å²) in [6.07, 6.45) is 2.28. The number of amides is 4. The van der Waals surface area contributed by atoms with Gasteiger partial charge in [-0.2, -0.15) is 0 Å². The van der Waals surface area contributed by atoms with Gasteiger partial charge < -0.3 is 42.6 Å². The van der Waals surface area contributed by atoms with E-state index in [1.54, 1.807) is 13.8 Å². The summed E-state index contributed by atoms with van der Waals surface area (Å²) < 4.78 is 0. The number of nitrogens with zero attached hydrogens (tertiary/aromatic N) is 1. The second kappa shape index (κ2) is 14.5. The summed E-state index contributed by atoms with van der Waals surface area (Å²) in [4.78, 5) is 68.9. The molecule has 0 aliphatic heterocycles. The molecule has 0 saturated carbocycles. The first kappa shape index (κ1) is 30.8. The molecule has 0 aliphatic rings.